The predicted octanol–water partition coefficient (Wildman–Crippen LogP) is 3.27. The smallest absolute Gasteiger partial charge is 0.306 e. The van der Waals surface area contributed by atoms with Crippen LogP contribution in [0.1, 0.15) is 86.5 Å². The summed E-state index contributed by atoms with van der Waals surface area (Å²) in [7, 11) is 0. The van der Waals surface area contributed by atoms with Gasteiger partial charge in [0, 0.05) is 30.1 Å². The first-order valence-electron chi connectivity index (χ1n) is 16.0. The highest BCUT2D eigenvalue weighted by Gasteiger charge is 2.84. The first-order chi connectivity index (χ1) is 19.6. The van der Waals surface area contributed by atoms with Crippen molar-refractivity contribution in [2.75, 3.05) is 6.61 Å². The highest BCUT2D eigenvalue weighted by atomic mass is 16.7. The van der Waals surface area contributed by atoms with Gasteiger partial charge >= 0.3 is 11.9 Å². The Morgan fingerprint density at radius 2 is 1.81 bits per heavy atom. The van der Waals surface area contributed by atoms with E-state index < -0.39 is 24.6 Å². The summed E-state index contributed by atoms with van der Waals surface area (Å²) in [6.45, 7) is 12.7. The molecule has 14 atom stereocenters. The maximum Gasteiger partial charge on any atom is 0.306 e. The standard InChI is InChI=1S/C33H48O9/c1-16-11-24(36)41-19-12-30(5)21-8-7-20-29(3,4)22(42-28-27(38)26(37)18(35)14-39-28)9-10-32(20)15-33(21,32)13-23(40-17(2)34)31(30,6)25(16)19/h7,16,18-19,21-23,25-28,35,37-38H,8-15H2,1-6H3/t16-,18-,19+,21+,22+,23-,25+,26+,27-,28+,30+,31-,32-,33+/m1/s1. The van der Waals surface area contributed by atoms with Gasteiger partial charge in [0.25, 0.3) is 0 Å². The van der Waals surface area contributed by atoms with Crippen molar-refractivity contribution in [3.05, 3.63) is 11.6 Å². The Labute approximate surface area is 248 Å². The van der Waals surface area contributed by atoms with Crippen molar-refractivity contribution < 1.29 is 43.9 Å². The maximum absolute atomic E-state index is 12.6. The minimum atomic E-state index is -1.32. The van der Waals surface area contributed by atoms with E-state index in [0.29, 0.717) is 12.3 Å². The molecule has 42 heavy (non-hydrogen) atoms. The molecule has 5 aliphatic carbocycles. The van der Waals surface area contributed by atoms with Gasteiger partial charge in [-0.1, -0.05) is 46.3 Å². The molecule has 0 unspecified atom stereocenters. The monoisotopic (exact) mass is 588 g/mol. The lowest BCUT2D eigenvalue weighted by atomic mass is 9.42. The van der Waals surface area contributed by atoms with E-state index >= 15 is 0 Å². The van der Waals surface area contributed by atoms with E-state index in [1.165, 1.54) is 12.5 Å². The molecule has 9 heteroatoms. The van der Waals surface area contributed by atoms with Crippen LogP contribution in [-0.2, 0) is 28.5 Å². The molecule has 2 aliphatic heterocycles. The minimum absolute atomic E-state index is 0.00437. The van der Waals surface area contributed by atoms with E-state index in [9.17, 15) is 24.9 Å². The highest BCUT2D eigenvalue weighted by Crippen LogP contribution is 2.88. The van der Waals surface area contributed by atoms with Crippen molar-refractivity contribution in [1.82, 2.24) is 0 Å². The number of aliphatic hydroxyl groups excluding tert-OH is 3. The summed E-state index contributed by atoms with van der Waals surface area (Å²) in [4.78, 5) is 25.2. The van der Waals surface area contributed by atoms with Gasteiger partial charge in [0.2, 0.25) is 0 Å². The molecular formula is C33H48O9. The molecule has 0 aromatic rings. The predicted molar refractivity (Wildman–Crippen MR) is 149 cm³/mol. The van der Waals surface area contributed by atoms with Gasteiger partial charge in [0.1, 0.15) is 30.5 Å². The van der Waals surface area contributed by atoms with Crippen LogP contribution in [-0.4, -0.2) is 76.8 Å². The van der Waals surface area contributed by atoms with E-state index in [2.05, 4.69) is 40.7 Å². The SMILES string of the molecule is CC(=O)O[C@@H]1C[C@@]23C[C@@]24CC[C@H](O[C@@H]2OC[C@@H](O)[C@H](O)[C@H]2O)C(C)(C)C4=CC[C@H]3[C@]2(C)C[C@@H]3OC(=O)C[C@@H](C)[C@@H]3[C@@]12C. The molecule has 4 saturated carbocycles. The van der Waals surface area contributed by atoms with Gasteiger partial charge < -0.3 is 34.3 Å². The quantitative estimate of drug-likeness (QED) is 0.336. The van der Waals surface area contributed by atoms with Crippen LogP contribution in [0.15, 0.2) is 11.6 Å². The molecule has 0 aromatic carbocycles. The third-order valence-corrected chi connectivity index (χ3v) is 13.9. The average Bonchev–Trinajstić information content (AvgIpc) is 3.48. The molecule has 7 rings (SSSR count). The Hall–Kier alpha value is -1.52. The van der Waals surface area contributed by atoms with Crippen LogP contribution < -0.4 is 0 Å². The summed E-state index contributed by atoms with van der Waals surface area (Å²) in [5, 5.41) is 30.7. The van der Waals surface area contributed by atoms with Crippen molar-refractivity contribution in [1.29, 1.82) is 0 Å². The molecule has 234 valence electrons. The second-order valence-electron chi connectivity index (χ2n) is 15.9. The van der Waals surface area contributed by atoms with Crippen molar-refractivity contribution in [2.24, 2.45) is 44.8 Å². The molecule has 0 radical (unpaired) electrons. The fraction of sp³-hybridized carbons (Fsp3) is 0.879. The molecule has 2 spiro atoms. The summed E-state index contributed by atoms with van der Waals surface area (Å²) < 4.78 is 24.4. The second kappa shape index (κ2) is 9.03. The van der Waals surface area contributed by atoms with Crippen molar-refractivity contribution >= 4 is 11.9 Å². The summed E-state index contributed by atoms with van der Waals surface area (Å²) in [6, 6.07) is 0. The van der Waals surface area contributed by atoms with Gasteiger partial charge in [-0.15, -0.1) is 0 Å². The van der Waals surface area contributed by atoms with Crippen LogP contribution in [0.5, 0.6) is 0 Å². The molecule has 0 aromatic heterocycles. The summed E-state index contributed by atoms with van der Waals surface area (Å²) in [6.07, 6.45) is 2.76. The van der Waals surface area contributed by atoms with Crippen molar-refractivity contribution in [3.63, 3.8) is 0 Å². The van der Waals surface area contributed by atoms with Gasteiger partial charge in [-0.3, -0.25) is 9.59 Å². The van der Waals surface area contributed by atoms with Crippen molar-refractivity contribution in [3.8, 4) is 0 Å². The summed E-state index contributed by atoms with van der Waals surface area (Å²) in [5.74, 6) is 0.339. The van der Waals surface area contributed by atoms with Gasteiger partial charge in [0.15, 0.2) is 6.29 Å². The van der Waals surface area contributed by atoms with Gasteiger partial charge in [-0.25, -0.2) is 0 Å². The lowest BCUT2D eigenvalue weighted by Gasteiger charge is -2.63. The Kier molecular flexibility index (Phi) is 6.28. The van der Waals surface area contributed by atoms with E-state index in [1.807, 2.05) is 0 Å². The number of fused-ring (bicyclic) bond motifs is 4. The fourth-order valence-electron chi connectivity index (χ4n) is 12.0. The second-order valence-corrected chi connectivity index (χ2v) is 15.9. The lowest BCUT2D eigenvalue weighted by molar-refractivity contribution is -0.293. The van der Waals surface area contributed by atoms with E-state index in [0.717, 1.165) is 38.5 Å². The molecule has 3 N–H and O–H groups in total. The third-order valence-electron chi connectivity index (χ3n) is 13.9. The average molecular weight is 589 g/mol. The number of carbonyl (C=O) groups excluding carboxylic acids is 2. The Morgan fingerprint density at radius 3 is 2.52 bits per heavy atom. The third kappa shape index (κ3) is 3.49. The van der Waals surface area contributed by atoms with Crippen LogP contribution >= 0.6 is 0 Å². The number of allylic oxidation sites excluding steroid dienone is 1. The molecule has 9 nitrogen and oxygen atoms in total. The molecule has 0 bridgehead atoms. The highest BCUT2D eigenvalue weighted by molar-refractivity contribution is 5.71. The Bertz CT molecular complexity index is 1210. The van der Waals surface area contributed by atoms with Gasteiger partial charge in [-0.2, -0.15) is 0 Å². The normalized spacial score (nSPS) is 55.5. The van der Waals surface area contributed by atoms with Gasteiger partial charge in [0.05, 0.1) is 12.7 Å². The molecule has 2 saturated heterocycles. The largest absolute Gasteiger partial charge is 0.462 e. The van der Waals surface area contributed by atoms with Crippen LogP contribution in [0.3, 0.4) is 0 Å². The Balaban J connectivity index is 1.24. The molecule has 0 amide bonds. The minimum Gasteiger partial charge on any atom is -0.462 e. The molecular weight excluding hydrogens is 540 g/mol. The van der Waals surface area contributed by atoms with E-state index in [4.69, 9.17) is 18.9 Å². The van der Waals surface area contributed by atoms with E-state index in [-0.39, 0.29) is 75.8 Å². The number of hydrogen-bond acceptors (Lipinski definition) is 9. The molecule has 6 fully saturated rings. The van der Waals surface area contributed by atoms with E-state index in [1.54, 1.807) is 0 Å². The first-order valence-corrected chi connectivity index (χ1v) is 16.0. The fourth-order valence-corrected chi connectivity index (χ4v) is 12.0. The van der Waals surface area contributed by atoms with Crippen molar-refractivity contribution in [2.45, 2.75) is 129 Å². The topological polar surface area (TPSA) is 132 Å². The van der Waals surface area contributed by atoms with Crippen LogP contribution in [0.25, 0.3) is 0 Å². The van der Waals surface area contributed by atoms with Crippen LogP contribution in [0, 0.1) is 44.8 Å². The first kappa shape index (κ1) is 29.2. The molecule has 2 heterocycles. The maximum atomic E-state index is 12.6. The zero-order valence-corrected chi connectivity index (χ0v) is 25.8. The number of carbonyl (C=O) groups is 2. The number of ether oxygens (including phenoxy) is 4. The summed E-state index contributed by atoms with van der Waals surface area (Å²) in [5.41, 5.74) is 0.555. The summed E-state index contributed by atoms with van der Waals surface area (Å²) >= 11 is 0. The number of rotatable bonds is 3. The number of hydrogen-bond donors (Lipinski definition) is 3. The zero-order chi connectivity index (χ0) is 30.2. The Morgan fingerprint density at radius 1 is 1.07 bits per heavy atom. The van der Waals surface area contributed by atoms with Crippen LogP contribution in [0.2, 0.25) is 0 Å². The lowest BCUT2D eigenvalue weighted by Crippen LogP contribution is -2.62. The number of esters is 2. The number of aliphatic hydroxyl groups is 3. The van der Waals surface area contributed by atoms with Crippen LogP contribution in [0.4, 0.5) is 0 Å². The zero-order valence-electron chi connectivity index (χ0n) is 25.8. The van der Waals surface area contributed by atoms with Gasteiger partial charge in [-0.05, 0) is 66.6 Å². The molecule has 7 aliphatic rings.